The molecule has 0 aliphatic carbocycles. The van der Waals surface area contributed by atoms with Crippen LogP contribution in [0, 0.1) is 17.6 Å². The topological polar surface area (TPSA) is 48.5 Å². The van der Waals surface area contributed by atoms with Crippen LogP contribution in [0.5, 0.6) is 0 Å². The van der Waals surface area contributed by atoms with Crippen molar-refractivity contribution in [2.45, 2.75) is 32.2 Å². The van der Waals surface area contributed by atoms with Crippen LogP contribution in [0.1, 0.15) is 25.0 Å². The lowest BCUT2D eigenvalue weighted by atomic mass is 9.67. The number of hydrogen-bond donors (Lipinski definition) is 0. The van der Waals surface area contributed by atoms with Crippen LogP contribution in [-0.2, 0) is 25.4 Å². The summed E-state index contributed by atoms with van der Waals surface area (Å²) in [4.78, 5) is 4.04. The fourth-order valence-electron chi connectivity index (χ4n) is 4.25. The second-order valence-corrected chi connectivity index (χ2v) is 8.24. The molecular weight excluding hydrogens is 396 g/mol. The molecule has 31 heavy (non-hydrogen) atoms. The summed E-state index contributed by atoms with van der Waals surface area (Å²) >= 11 is 0. The molecule has 0 N–H and O–H groups in total. The predicted molar refractivity (Wildman–Crippen MR) is 115 cm³/mol. The Balaban J connectivity index is 1.76. The predicted octanol–water partition coefficient (Wildman–Crippen LogP) is 4.79. The van der Waals surface area contributed by atoms with Crippen LogP contribution >= 0.6 is 0 Å². The first kappa shape index (κ1) is 20.9. The minimum Gasteiger partial charge on any atom is -0.268 e. The van der Waals surface area contributed by atoms with Crippen LogP contribution < -0.4 is 0 Å². The zero-order chi connectivity index (χ0) is 22.0. The molecule has 0 saturated carbocycles. The second kappa shape index (κ2) is 8.41. The SMILES string of the molecule is CC(C)[C@@](Cc1ccc(-c2ccnn2C)cc1)(Cn1cncn1)c1ccc(F)cc1F. The molecule has 0 radical (unpaired) electrons. The highest BCUT2D eigenvalue weighted by atomic mass is 19.1. The standard InChI is InChI=1S/C24H25F2N5/c1-17(2)24(14-31-16-27-15-29-31,21-9-8-20(25)12-22(21)26)13-18-4-6-19(7-5-18)23-10-11-28-30(23)3/h4-12,15-17H,13-14H2,1-3H3/t24-/m1/s1. The van der Waals surface area contributed by atoms with E-state index in [0.29, 0.717) is 18.5 Å². The molecule has 5 nitrogen and oxygen atoms in total. The number of halogens is 2. The first-order chi connectivity index (χ1) is 14.9. The van der Waals surface area contributed by atoms with Crippen molar-refractivity contribution in [1.82, 2.24) is 24.5 Å². The van der Waals surface area contributed by atoms with Crippen LogP contribution in [0.25, 0.3) is 11.3 Å². The van der Waals surface area contributed by atoms with Crippen molar-refractivity contribution in [1.29, 1.82) is 0 Å². The van der Waals surface area contributed by atoms with Crippen molar-refractivity contribution in [3.8, 4) is 11.3 Å². The normalized spacial score (nSPS) is 13.5. The van der Waals surface area contributed by atoms with Gasteiger partial charge in [0.15, 0.2) is 0 Å². The van der Waals surface area contributed by atoms with Crippen LogP contribution in [0.3, 0.4) is 0 Å². The summed E-state index contributed by atoms with van der Waals surface area (Å²) in [6, 6.07) is 14.0. The highest BCUT2D eigenvalue weighted by molar-refractivity contribution is 5.59. The Morgan fingerprint density at radius 1 is 1.00 bits per heavy atom. The van der Waals surface area contributed by atoms with Gasteiger partial charge in [0.25, 0.3) is 0 Å². The molecule has 2 aromatic heterocycles. The molecular formula is C24H25F2N5. The largest absolute Gasteiger partial charge is 0.268 e. The van der Waals surface area contributed by atoms with Crippen molar-refractivity contribution in [3.05, 3.63) is 90.1 Å². The summed E-state index contributed by atoms with van der Waals surface area (Å²) < 4.78 is 32.3. The molecule has 2 heterocycles. The van der Waals surface area contributed by atoms with Gasteiger partial charge < -0.3 is 0 Å². The zero-order valence-corrected chi connectivity index (χ0v) is 17.8. The van der Waals surface area contributed by atoms with Crippen molar-refractivity contribution < 1.29 is 8.78 Å². The molecule has 0 fully saturated rings. The van der Waals surface area contributed by atoms with E-state index in [-0.39, 0.29) is 5.92 Å². The van der Waals surface area contributed by atoms with Gasteiger partial charge in [0, 0.05) is 24.7 Å². The second-order valence-electron chi connectivity index (χ2n) is 8.24. The van der Waals surface area contributed by atoms with E-state index in [1.54, 1.807) is 23.3 Å². The first-order valence-electron chi connectivity index (χ1n) is 10.2. The Hall–Kier alpha value is -3.35. The van der Waals surface area contributed by atoms with Crippen molar-refractivity contribution in [2.24, 2.45) is 13.0 Å². The zero-order valence-electron chi connectivity index (χ0n) is 17.8. The molecule has 4 aromatic rings. The third-order valence-corrected chi connectivity index (χ3v) is 6.07. The van der Waals surface area contributed by atoms with Gasteiger partial charge in [0.05, 0.1) is 12.2 Å². The van der Waals surface area contributed by atoms with E-state index in [2.05, 4.69) is 41.2 Å². The molecule has 0 saturated heterocycles. The van der Waals surface area contributed by atoms with Crippen LogP contribution in [0.4, 0.5) is 8.78 Å². The van der Waals surface area contributed by atoms with E-state index in [1.165, 1.54) is 12.4 Å². The number of hydrogen-bond acceptors (Lipinski definition) is 3. The molecule has 2 aromatic carbocycles. The molecule has 0 amide bonds. The summed E-state index contributed by atoms with van der Waals surface area (Å²) in [6.45, 7) is 4.55. The van der Waals surface area contributed by atoms with Gasteiger partial charge in [-0.15, -0.1) is 0 Å². The van der Waals surface area contributed by atoms with E-state index in [4.69, 9.17) is 0 Å². The van der Waals surface area contributed by atoms with E-state index in [0.717, 1.165) is 22.9 Å². The van der Waals surface area contributed by atoms with E-state index < -0.39 is 17.0 Å². The lowest BCUT2D eigenvalue weighted by Gasteiger charge is -2.38. The number of benzene rings is 2. The highest BCUT2D eigenvalue weighted by Gasteiger charge is 2.39. The fraction of sp³-hybridized carbons (Fsp3) is 0.292. The minimum absolute atomic E-state index is 0.0495. The van der Waals surface area contributed by atoms with Crippen LogP contribution in [-0.4, -0.2) is 24.5 Å². The molecule has 1 atom stereocenters. The lowest BCUT2D eigenvalue weighted by molar-refractivity contribution is 0.241. The Morgan fingerprint density at radius 3 is 2.35 bits per heavy atom. The minimum atomic E-state index is -0.639. The highest BCUT2D eigenvalue weighted by Crippen LogP contribution is 2.39. The molecule has 0 aliphatic heterocycles. The van der Waals surface area contributed by atoms with Gasteiger partial charge in [-0.3, -0.25) is 9.36 Å². The monoisotopic (exact) mass is 421 g/mol. The quantitative estimate of drug-likeness (QED) is 0.431. The van der Waals surface area contributed by atoms with Crippen molar-refractivity contribution >= 4 is 0 Å². The Morgan fingerprint density at radius 2 is 1.77 bits per heavy atom. The van der Waals surface area contributed by atoms with Gasteiger partial charge in [-0.1, -0.05) is 44.2 Å². The molecule has 0 spiro atoms. The number of nitrogens with zero attached hydrogens (tertiary/aromatic N) is 5. The maximum atomic E-state index is 15.0. The maximum absolute atomic E-state index is 15.0. The van der Waals surface area contributed by atoms with E-state index in [9.17, 15) is 4.39 Å². The molecule has 0 aliphatic rings. The molecule has 4 rings (SSSR count). The summed E-state index contributed by atoms with van der Waals surface area (Å²) in [5, 5.41) is 8.48. The van der Waals surface area contributed by atoms with Gasteiger partial charge in [-0.2, -0.15) is 10.2 Å². The molecule has 7 heteroatoms. The average molecular weight is 421 g/mol. The molecule has 160 valence electrons. The van der Waals surface area contributed by atoms with Gasteiger partial charge in [0.2, 0.25) is 0 Å². The Kier molecular flexibility index (Phi) is 5.67. The summed E-state index contributed by atoms with van der Waals surface area (Å²) in [7, 11) is 1.91. The first-order valence-corrected chi connectivity index (χ1v) is 10.2. The third-order valence-electron chi connectivity index (χ3n) is 6.07. The average Bonchev–Trinajstić information content (AvgIpc) is 3.39. The summed E-state index contributed by atoms with van der Waals surface area (Å²) in [5.41, 5.74) is 2.98. The fourth-order valence-corrected chi connectivity index (χ4v) is 4.25. The number of aromatic nitrogens is 5. The lowest BCUT2D eigenvalue weighted by Crippen LogP contribution is -2.40. The van der Waals surface area contributed by atoms with Crippen molar-refractivity contribution in [2.75, 3.05) is 0 Å². The van der Waals surface area contributed by atoms with Crippen LogP contribution in [0.2, 0.25) is 0 Å². The van der Waals surface area contributed by atoms with E-state index >= 15 is 4.39 Å². The van der Waals surface area contributed by atoms with Gasteiger partial charge in [-0.25, -0.2) is 13.8 Å². The Bertz CT molecular complexity index is 1150. The van der Waals surface area contributed by atoms with Crippen LogP contribution in [0.15, 0.2) is 67.4 Å². The Labute approximate surface area is 180 Å². The third kappa shape index (κ3) is 4.13. The van der Waals surface area contributed by atoms with Crippen molar-refractivity contribution in [3.63, 3.8) is 0 Å². The maximum Gasteiger partial charge on any atom is 0.137 e. The number of aryl methyl sites for hydroxylation is 1. The number of rotatable bonds is 7. The smallest absolute Gasteiger partial charge is 0.137 e. The van der Waals surface area contributed by atoms with Gasteiger partial charge >= 0.3 is 0 Å². The molecule has 0 bridgehead atoms. The summed E-state index contributed by atoms with van der Waals surface area (Å²) in [6.07, 6.45) is 5.43. The van der Waals surface area contributed by atoms with Gasteiger partial charge in [-0.05, 0) is 41.2 Å². The van der Waals surface area contributed by atoms with Gasteiger partial charge in [0.1, 0.15) is 24.3 Å². The molecule has 0 unspecified atom stereocenters. The summed E-state index contributed by atoms with van der Waals surface area (Å²) in [5.74, 6) is -1.08. The van der Waals surface area contributed by atoms with E-state index in [1.807, 2.05) is 29.9 Å².